The summed E-state index contributed by atoms with van der Waals surface area (Å²) in [6, 6.07) is 6.90. The maximum Gasteiger partial charge on any atom is 0.310 e. The Hall–Kier alpha value is -1.55. The lowest BCUT2D eigenvalue weighted by Crippen LogP contribution is -2.07. The molecule has 1 rings (SSSR count). The topological polar surface area (TPSA) is 58.6 Å². The Morgan fingerprint density at radius 2 is 2.07 bits per heavy atom. The average molecular weight is 195 g/mol. The summed E-state index contributed by atoms with van der Waals surface area (Å²) in [5, 5.41) is 8.55. The Kier molecular flexibility index (Phi) is 3.94. The first-order chi connectivity index (χ1) is 6.76. The lowest BCUT2D eigenvalue weighted by Gasteiger charge is -2.03. The molecular weight excluding hydrogens is 182 g/mol. The van der Waals surface area contributed by atoms with Crippen molar-refractivity contribution in [1.82, 2.24) is 0 Å². The van der Waals surface area contributed by atoms with Crippen LogP contribution >= 0.6 is 0 Å². The van der Waals surface area contributed by atoms with E-state index in [1.165, 1.54) is 0 Å². The van der Waals surface area contributed by atoms with Crippen molar-refractivity contribution in [2.24, 2.45) is 0 Å². The molecule has 0 atom stereocenters. The number of nitrogens with one attached hydrogen (secondary N) is 1. The van der Waals surface area contributed by atoms with Crippen LogP contribution in [0.3, 0.4) is 0 Å². The fourth-order valence-electron chi connectivity index (χ4n) is 1.08. The largest absolute Gasteiger partial charge is 0.466 e. The molecule has 0 bridgehead atoms. The van der Waals surface area contributed by atoms with Gasteiger partial charge in [0.25, 0.3) is 0 Å². The molecule has 0 heterocycles. The predicted molar refractivity (Wildman–Crippen MR) is 52.2 cm³/mol. The van der Waals surface area contributed by atoms with Gasteiger partial charge in [0.15, 0.2) is 0 Å². The molecule has 0 aliphatic carbocycles. The Bertz CT molecular complexity index is 295. The summed E-state index contributed by atoms with van der Waals surface area (Å²) in [4.78, 5) is 11.1. The van der Waals surface area contributed by atoms with Gasteiger partial charge >= 0.3 is 5.97 Å². The molecule has 0 unspecified atom stereocenters. The molecule has 1 aromatic carbocycles. The highest BCUT2D eigenvalue weighted by molar-refractivity contribution is 5.72. The minimum atomic E-state index is -0.239. The molecule has 0 aliphatic rings. The SMILES string of the molecule is CCOC(=O)Cc1ccc(NO)cc1. The fraction of sp³-hybridized carbons (Fsp3) is 0.300. The van der Waals surface area contributed by atoms with E-state index < -0.39 is 0 Å². The number of carbonyl (C=O) groups is 1. The predicted octanol–water partition coefficient (Wildman–Crippen LogP) is 1.59. The quantitative estimate of drug-likeness (QED) is 0.566. The van der Waals surface area contributed by atoms with Gasteiger partial charge in [-0.2, -0.15) is 0 Å². The van der Waals surface area contributed by atoms with Crippen molar-refractivity contribution in [3.8, 4) is 0 Å². The molecule has 0 aromatic heterocycles. The second-order valence-electron chi connectivity index (χ2n) is 2.79. The Balaban J connectivity index is 2.55. The van der Waals surface area contributed by atoms with Crippen LogP contribution < -0.4 is 5.48 Å². The Morgan fingerprint density at radius 1 is 1.43 bits per heavy atom. The monoisotopic (exact) mass is 195 g/mol. The van der Waals surface area contributed by atoms with Crippen LogP contribution in [0.5, 0.6) is 0 Å². The van der Waals surface area contributed by atoms with Crippen molar-refractivity contribution in [3.05, 3.63) is 29.8 Å². The van der Waals surface area contributed by atoms with E-state index in [2.05, 4.69) is 0 Å². The van der Waals surface area contributed by atoms with E-state index in [0.29, 0.717) is 12.3 Å². The summed E-state index contributed by atoms with van der Waals surface area (Å²) < 4.78 is 4.80. The van der Waals surface area contributed by atoms with Crippen LogP contribution in [0.4, 0.5) is 5.69 Å². The van der Waals surface area contributed by atoms with E-state index in [4.69, 9.17) is 9.94 Å². The number of anilines is 1. The van der Waals surface area contributed by atoms with Gasteiger partial charge in [-0.1, -0.05) is 12.1 Å². The van der Waals surface area contributed by atoms with Crippen molar-refractivity contribution < 1.29 is 14.7 Å². The minimum Gasteiger partial charge on any atom is -0.466 e. The number of rotatable bonds is 4. The molecule has 14 heavy (non-hydrogen) atoms. The number of esters is 1. The molecule has 4 nitrogen and oxygen atoms in total. The van der Waals surface area contributed by atoms with Crippen molar-refractivity contribution in [2.45, 2.75) is 13.3 Å². The number of benzene rings is 1. The van der Waals surface area contributed by atoms with Crippen molar-refractivity contribution in [2.75, 3.05) is 12.1 Å². The molecule has 0 saturated carbocycles. The number of hydrogen-bond acceptors (Lipinski definition) is 4. The molecule has 0 fully saturated rings. The zero-order chi connectivity index (χ0) is 10.4. The summed E-state index contributed by atoms with van der Waals surface area (Å²) in [5.74, 6) is -0.239. The summed E-state index contributed by atoms with van der Waals surface area (Å²) >= 11 is 0. The van der Waals surface area contributed by atoms with Crippen LogP contribution in [-0.4, -0.2) is 17.8 Å². The number of ether oxygens (including phenoxy) is 1. The van der Waals surface area contributed by atoms with Gasteiger partial charge in [-0.15, -0.1) is 0 Å². The van der Waals surface area contributed by atoms with Gasteiger partial charge in [-0.3, -0.25) is 15.5 Å². The first kappa shape index (κ1) is 10.5. The molecule has 0 aliphatic heterocycles. The maximum atomic E-state index is 11.1. The zero-order valence-electron chi connectivity index (χ0n) is 7.99. The first-order valence-corrected chi connectivity index (χ1v) is 4.41. The molecule has 4 heteroatoms. The molecule has 0 spiro atoms. The first-order valence-electron chi connectivity index (χ1n) is 4.41. The number of hydrogen-bond donors (Lipinski definition) is 2. The van der Waals surface area contributed by atoms with Gasteiger partial charge in [-0.05, 0) is 24.6 Å². The van der Waals surface area contributed by atoms with Crippen molar-refractivity contribution in [1.29, 1.82) is 0 Å². The van der Waals surface area contributed by atoms with Gasteiger partial charge in [0.1, 0.15) is 0 Å². The third-order valence-corrected chi connectivity index (χ3v) is 1.74. The van der Waals surface area contributed by atoms with Crippen LogP contribution in [0.15, 0.2) is 24.3 Å². The van der Waals surface area contributed by atoms with Gasteiger partial charge in [-0.25, -0.2) is 0 Å². The van der Waals surface area contributed by atoms with E-state index in [9.17, 15) is 4.79 Å². The zero-order valence-corrected chi connectivity index (χ0v) is 7.99. The van der Waals surface area contributed by atoms with Crippen LogP contribution in [0.1, 0.15) is 12.5 Å². The van der Waals surface area contributed by atoms with Gasteiger partial charge in [0.05, 0.1) is 18.7 Å². The van der Waals surface area contributed by atoms with Crippen LogP contribution in [0.25, 0.3) is 0 Å². The van der Waals surface area contributed by atoms with E-state index >= 15 is 0 Å². The van der Waals surface area contributed by atoms with Crippen LogP contribution in [0, 0.1) is 0 Å². The lowest BCUT2D eigenvalue weighted by atomic mass is 10.1. The highest BCUT2D eigenvalue weighted by atomic mass is 16.5. The van der Waals surface area contributed by atoms with Gasteiger partial charge in [0, 0.05) is 0 Å². The molecule has 2 N–H and O–H groups in total. The highest BCUT2D eigenvalue weighted by Crippen LogP contribution is 2.09. The Labute approximate surface area is 82.5 Å². The third kappa shape index (κ3) is 3.06. The second kappa shape index (κ2) is 5.24. The van der Waals surface area contributed by atoms with Crippen LogP contribution in [-0.2, 0) is 16.0 Å². The second-order valence-corrected chi connectivity index (χ2v) is 2.79. The molecule has 0 saturated heterocycles. The maximum absolute atomic E-state index is 11.1. The van der Waals surface area contributed by atoms with E-state index in [0.717, 1.165) is 5.56 Å². The molecule has 0 amide bonds. The smallest absolute Gasteiger partial charge is 0.310 e. The van der Waals surface area contributed by atoms with E-state index in [1.54, 1.807) is 31.2 Å². The summed E-state index contributed by atoms with van der Waals surface area (Å²) in [6.07, 6.45) is 0.263. The summed E-state index contributed by atoms with van der Waals surface area (Å²) in [6.45, 7) is 2.17. The molecule has 1 aromatic rings. The average Bonchev–Trinajstić information content (AvgIpc) is 2.19. The van der Waals surface area contributed by atoms with Crippen molar-refractivity contribution >= 4 is 11.7 Å². The molecular formula is C10H13NO3. The van der Waals surface area contributed by atoms with Crippen LogP contribution in [0.2, 0.25) is 0 Å². The van der Waals surface area contributed by atoms with Crippen molar-refractivity contribution in [3.63, 3.8) is 0 Å². The van der Waals surface area contributed by atoms with Gasteiger partial charge < -0.3 is 4.74 Å². The molecule has 0 radical (unpaired) electrons. The molecule has 76 valence electrons. The summed E-state index contributed by atoms with van der Waals surface area (Å²) in [5.41, 5.74) is 3.47. The third-order valence-electron chi connectivity index (χ3n) is 1.74. The van der Waals surface area contributed by atoms with Gasteiger partial charge in [0.2, 0.25) is 0 Å². The highest BCUT2D eigenvalue weighted by Gasteiger charge is 2.02. The normalized spacial score (nSPS) is 9.57. The van der Waals surface area contributed by atoms with E-state index in [1.807, 2.05) is 5.48 Å². The lowest BCUT2D eigenvalue weighted by molar-refractivity contribution is -0.142. The minimum absolute atomic E-state index is 0.239. The fourth-order valence-corrected chi connectivity index (χ4v) is 1.08. The van der Waals surface area contributed by atoms with E-state index in [-0.39, 0.29) is 12.4 Å². The Morgan fingerprint density at radius 3 is 2.57 bits per heavy atom. The standard InChI is InChI=1S/C10H13NO3/c1-2-14-10(12)7-8-3-5-9(11-13)6-4-8/h3-6,11,13H,2,7H2,1H3. The number of carbonyl (C=O) groups excluding carboxylic acids is 1. The summed E-state index contributed by atoms with van der Waals surface area (Å²) in [7, 11) is 0.